The summed E-state index contributed by atoms with van der Waals surface area (Å²) in [6.07, 6.45) is 5.15. The predicted molar refractivity (Wildman–Crippen MR) is 106 cm³/mol. The van der Waals surface area contributed by atoms with Crippen molar-refractivity contribution in [1.82, 2.24) is 4.90 Å². The number of carbonyl (C=O) groups is 1. The number of anilines is 1. The minimum Gasteiger partial charge on any atom is -0.495 e. The number of benzene rings is 1. The second kappa shape index (κ2) is 6.92. The molecule has 3 rings (SSSR count). The number of hydrogen-bond donors (Lipinski definition) is 1. The van der Waals surface area contributed by atoms with Gasteiger partial charge in [-0.05, 0) is 54.7 Å². The van der Waals surface area contributed by atoms with Crippen molar-refractivity contribution in [3.8, 4) is 11.8 Å². The molecular weight excluding hydrogens is 338 g/mol. The number of nitrogens with zero attached hydrogens (tertiary/aromatic N) is 2. The van der Waals surface area contributed by atoms with Crippen molar-refractivity contribution >= 4 is 11.6 Å². The molecule has 1 aromatic rings. The summed E-state index contributed by atoms with van der Waals surface area (Å²) < 4.78 is 5.31. The Labute approximate surface area is 162 Å². The van der Waals surface area contributed by atoms with E-state index < -0.39 is 5.91 Å². The van der Waals surface area contributed by atoms with Gasteiger partial charge in [-0.25, -0.2) is 0 Å². The number of hydrogen-bond acceptors (Lipinski definition) is 4. The van der Waals surface area contributed by atoms with Crippen LogP contribution >= 0.6 is 0 Å². The van der Waals surface area contributed by atoms with Crippen LogP contribution < -0.4 is 10.1 Å². The smallest absolute Gasteiger partial charge is 0.267 e. The number of ether oxygens (including phenoxy) is 1. The van der Waals surface area contributed by atoms with Crippen LogP contribution in [0.4, 0.5) is 5.69 Å². The van der Waals surface area contributed by atoms with Gasteiger partial charge in [0.25, 0.3) is 5.91 Å². The molecule has 1 saturated heterocycles. The maximum Gasteiger partial charge on any atom is 0.267 e. The number of rotatable bonds is 4. The van der Waals surface area contributed by atoms with Crippen molar-refractivity contribution < 1.29 is 9.53 Å². The molecule has 2 bridgehead atoms. The lowest BCUT2D eigenvalue weighted by atomic mass is 9.65. The third kappa shape index (κ3) is 4.10. The van der Waals surface area contributed by atoms with E-state index in [1.807, 2.05) is 25.1 Å². The molecule has 1 aliphatic heterocycles. The van der Waals surface area contributed by atoms with E-state index >= 15 is 0 Å². The van der Waals surface area contributed by atoms with Gasteiger partial charge in [0.05, 0.1) is 12.8 Å². The summed E-state index contributed by atoms with van der Waals surface area (Å²) in [5.41, 5.74) is 2.27. The molecule has 2 atom stereocenters. The van der Waals surface area contributed by atoms with E-state index in [-0.39, 0.29) is 11.0 Å². The Morgan fingerprint density at radius 3 is 2.78 bits per heavy atom. The standard InChI is InChI=1S/C22H29N3O2/c1-15-6-7-19(27-5)18(8-15)24-20(26)16(11-23)12-25-14-22(4)10-17(25)9-21(2,3)13-22/h6-8,12,17H,9-10,13-14H2,1-5H3,(H,24,26)/b16-12-. The Balaban J connectivity index is 1.80. The zero-order chi connectivity index (χ0) is 19.8. The highest BCUT2D eigenvalue weighted by Crippen LogP contribution is 2.52. The van der Waals surface area contributed by atoms with Crippen LogP contribution in [0.1, 0.15) is 45.6 Å². The normalized spacial score (nSPS) is 26.4. The van der Waals surface area contributed by atoms with Crippen LogP contribution in [-0.4, -0.2) is 30.5 Å². The number of aryl methyl sites for hydroxylation is 1. The van der Waals surface area contributed by atoms with Crippen LogP contribution in [0.3, 0.4) is 0 Å². The number of nitrogens with one attached hydrogen (secondary N) is 1. The van der Waals surface area contributed by atoms with Gasteiger partial charge in [0.1, 0.15) is 17.4 Å². The SMILES string of the molecule is COc1ccc(C)cc1NC(=O)/C(C#N)=C\N1CC2(C)CC1CC(C)(C)C2. The van der Waals surface area contributed by atoms with E-state index in [4.69, 9.17) is 4.74 Å². The molecule has 1 heterocycles. The molecule has 2 fully saturated rings. The second-order valence-electron chi connectivity index (χ2n) is 9.20. The van der Waals surface area contributed by atoms with Crippen molar-refractivity contribution in [1.29, 1.82) is 5.26 Å². The zero-order valence-electron chi connectivity index (χ0n) is 16.9. The Bertz CT molecular complexity index is 821. The number of nitriles is 1. The Hall–Kier alpha value is -2.48. The van der Waals surface area contributed by atoms with Gasteiger partial charge in [-0.3, -0.25) is 4.79 Å². The largest absolute Gasteiger partial charge is 0.495 e. The fourth-order valence-corrected chi connectivity index (χ4v) is 5.07. The molecule has 5 nitrogen and oxygen atoms in total. The summed E-state index contributed by atoms with van der Waals surface area (Å²) in [6.45, 7) is 9.79. The van der Waals surface area contributed by atoms with Crippen molar-refractivity contribution in [2.24, 2.45) is 10.8 Å². The molecule has 27 heavy (non-hydrogen) atoms. The maximum atomic E-state index is 12.7. The average Bonchev–Trinajstić information content (AvgIpc) is 2.80. The fourth-order valence-electron chi connectivity index (χ4n) is 5.07. The Kier molecular flexibility index (Phi) is 4.94. The quantitative estimate of drug-likeness (QED) is 0.638. The van der Waals surface area contributed by atoms with Crippen molar-refractivity contribution in [2.75, 3.05) is 19.0 Å². The fraction of sp³-hybridized carbons (Fsp3) is 0.545. The molecule has 0 radical (unpaired) electrons. The van der Waals surface area contributed by atoms with Crippen molar-refractivity contribution in [2.45, 2.75) is 53.0 Å². The lowest BCUT2D eigenvalue weighted by molar-refractivity contribution is -0.112. The molecule has 144 valence electrons. The van der Waals surface area contributed by atoms with Gasteiger partial charge in [0.15, 0.2) is 0 Å². The highest BCUT2D eigenvalue weighted by Gasteiger charge is 2.48. The van der Waals surface area contributed by atoms with Gasteiger partial charge >= 0.3 is 0 Å². The number of amides is 1. The lowest BCUT2D eigenvalue weighted by Gasteiger charge is -2.39. The van der Waals surface area contributed by atoms with E-state index in [1.165, 1.54) is 6.42 Å². The van der Waals surface area contributed by atoms with Gasteiger partial charge in [-0.1, -0.05) is 26.8 Å². The van der Waals surface area contributed by atoms with Crippen LogP contribution in [0, 0.1) is 29.1 Å². The van der Waals surface area contributed by atoms with Gasteiger partial charge in [-0.2, -0.15) is 5.26 Å². The molecule has 5 heteroatoms. The molecule has 0 aromatic heterocycles. The highest BCUT2D eigenvalue weighted by atomic mass is 16.5. The molecular formula is C22H29N3O2. The number of likely N-dealkylation sites (tertiary alicyclic amines) is 1. The summed E-state index contributed by atoms with van der Waals surface area (Å²) >= 11 is 0. The van der Waals surface area contributed by atoms with Gasteiger partial charge in [-0.15, -0.1) is 0 Å². The lowest BCUT2D eigenvalue weighted by Crippen LogP contribution is -2.33. The Morgan fingerprint density at radius 1 is 1.37 bits per heavy atom. The van der Waals surface area contributed by atoms with Crippen LogP contribution in [-0.2, 0) is 4.79 Å². The zero-order valence-corrected chi connectivity index (χ0v) is 16.9. The van der Waals surface area contributed by atoms with E-state index in [2.05, 4.69) is 37.1 Å². The van der Waals surface area contributed by atoms with Crippen LogP contribution in [0.15, 0.2) is 30.0 Å². The van der Waals surface area contributed by atoms with Crippen LogP contribution in [0.5, 0.6) is 5.75 Å². The van der Waals surface area contributed by atoms with Crippen LogP contribution in [0.25, 0.3) is 0 Å². The van der Waals surface area contributed by atoms with Crippen LogP contribution in [0.2, 0.25) is 0 Å². The molecule has 1 amide bonds. The third-order valence-corrected chi connectivity index (χ3v) is 5.72. The van der Waals surface area contributed by atoms with Crippen molar-refractivity contribution in [3.63, 3.8) is 0 Å². The predicted octanol–water partition coefficient (Wildman–Crippen LogP) is 4.25. The first-order chi connectivity index (χ1) is 12.6. The minimum atomic E-state index is -0.396. The molecule has 2 unspecified atom stereocenters. The molecule has 1 aliphatic carbocycles. The van der Waals surface area contributed by atoms with E-state index in [0.717, 1.165) is 24.9 Å². The number of methoxy groups -OCH3 is 1. The third-order valence-electron chi connectivity index (χ3n) is 5.72. The molecule has 2 aliphatic rings. The number of carbonyl (C=O) groups excluding carboxylic acids is 1. The van der Waals surface area contributed by atoms with Gasteiger partial charge in [0.2, 0.25) is 0 Å². The second-order valence-corrected chi connectivity index (χ2v) is 9.20. The summed E-state index contributed by atoms with van der Waals surface area (Å²) in [4.78, 5) is 14.9. The first-order valence-corrected chi connectivity index (χ1v) is 9.48. The maximum absolute atomic E-state index is 12.7. The first kappa shape index (κ1) is 19.3. The molecule has 1 N–H and O–H groups in total. The summed E-state index contributed by atoms with van der Waals surface area (Å²) in [6, 6.07) is 8.05. The monoisotopic (exact) mass is 367 g/mol. The van der Waals surface area contributed by atoms with Crippen molar-refractivity contribution in [3.05, 3.63) is 35.5 Å². The summed E-state index contributed by atoms with van der Waals surface area (Å²) in [5, 5.41) is 12.4. The van der Waals surface area contributed by atoms with Gasteiger partial charge < -0.3 is 15.0 Å². The topological polar surface area (TPSA) is 65.4 Å². The van der Waals surface area contributed by atoms with E-state index in [1.54, 1.807) is 13.3 Å². The number of fused-ring (bicyclic) bond motifs is 2. The van der Waals surface area contributed by atoms with E-state index in [0.29, 0.717) is 22.9 Å². The first-order valence-electron chi connectivity index (χ1n) is 9.48. The summed E-state index contributed by atoms with van der Waals surface area (Å²) in [7, 11) is 1.56. The minimum absolute atomic E-state index is 0.132. The van der Waals surface area contributed by atoms with Gasteiger partial charge in [0, 0.05) is 18.8 Å². The summed E-state index contributed by atoms with van der Waals surface area (Å²) in [5.74, 6) is 0.185. The highest BCUT2D eigenvalue weighted by molar-refractivity contribution is 6.07. The van der Waals surface area contributed by atoms with E-state index in [9.17, 15) is 10.1 Å². The molecule has 0 spiro atoms. The molecule has 1 aromatic carbocycles. The average molecular weight is 367 g/mol. The molecule has 1 saturated carbocycles. The Morgan fingerprint density at radius 2 is 2.11 bits per heavy atom.